The van der Waals surface area contributed by atoms with Crippen molar-refractivity contribution < 1.29 is 0 Å². The van der Waals surface area contributed by atoms with Gasteiger partial charge in [-0.25, -0.2) is 0 Å². The molecular formula is C18H27BrN2. The highest BCUT2D eigenvalue weighted by Crippen LogP contribution is 2.26. The van der Waals surface area contributed by atoms with Gasteiger partial charge in [-0.05, 0) is 38.5 Å². The first kappa shape index (κ1) is 16.7. The van der Waals surface area contributed by atoms with Gasteiger partial charge in [0.15, 0.2) is 0 Å². The zero-order chi connectivity index (χ0) is 15.4. The van der Waals surface area contributed by atoms with Gasteiger partial charge in [-0.3, -0.25) is 9.80 Å². The Hall–Kier alpha value is -0.640. The van der Waals surface area contributed by atoms with E-state index in [2.05, 4.69) is 77.3 Å². The van der Waals surface area contributed by atoms with E-state index in [1.807, 2.05) is 0 Å². The summed E-state index contributed by atoms with van der Waals surface area (Å²) in [5.41, 5.74) is 2.63. The minimum absolute atomic E-state index is 0.434. The number of benzene rings is 1. The molecule has 1 aliphatic rings. The average Bonchev–Trinajstić information content (AvgIpc) is 2.46. The van der Waals surface area contributed by atoms with Crippen LogP contribution in [-0.2, 0) is 0 Å². The summed E-state index contributed by atoms with van der Waals surface area (Å²) in [7, 11) is 0. The van der Waals surface area contributed by atoms with Crippen molar-refractivity contribution in [3.05, 3.63) is 46.5 Å². The Morgan fingerprint density at radius 1 is 1.14 bits per heavy atom. The van der Waals surface area contributed by atoms with Crippen molar-refractivity contribution in [1.82, 2.24) is 9.80 Å². The van der Waals surface area contributed by atoms with E-state index in [1.165, 1.54) is 37.3 Å². The number of nitrogens with zero attached hydrogens (tertiary/aromatic N) is 2. The molecule has 1 heterocycles. The molecule has 0 bridgehead atoms. The molecule has 3 heteroatoms. The quantitative estimate of drug-likeness (QED) is 0.736. The molecular weight excluding hydrogens is 324 g/mol. The highest BCUT2D eigenvalue weighted by molar-refractivity contribution is 9.10. The maximum Gasteiger partial charge on any atom is 0.0175 e. The molecule has 0 spiro atoms. The van der Waals surface area contributed by atoms with E-state index in [4.69, 9.17) is 0 Å². The second-order valence-electron chi connectivity index (χ2n) is 6.38. The minimum Gasteiger partial charge on any atom is -0.300 e. The van der Waals surface area contributed by atoms with E-state index < -0.39 is 0 Å². The Balaban J connectivity index is 1.98. The van der Waals surface area contributed by atoms with Crippen LogP contribution in [0.15, 0.2) is 40.9 Å². The van der Waals surface area contributed by atoms with Crippen molar-refractivity contribution in [3.63, 3.8) is 0 Å². The van der Waals surface area contributed by atoms with Crippen LogP contribution >= 0.6 is 15.9 Å². The fourth-order valence-electron chi connectivity index (χ4n) is 2.96. The molecule has 1 aromatic rings. The van der Waals surface area contributed by atoms with Crippen LogP contribution in [0.2, 0.25) is 0 Å². The zero-order valence-corrected chi connectivity index (χ0v) is 15.1. The van der Waals surface area contributed by atoms with E-state index in [9.17, 15) is 0 Å². The molecule has 1 aromatic carbocycles. The smallest absolute Gasteiger partial charge is 0.0175 e. The number of hydrogen-bond donors (Lipinski definition) is 0. The third-order valence-corrected chi connectivity index (χ3v) is 4.97. The first-order valence-electron chi connectivity index (χ1n) is 7.84. The Labute approximate surface area is 138 Å². The summed E-state index contributed by atoms with van der Waals surface area (Å²) in [6.45, 7) is 16.7. The summed E-state index contributed by atoms with van der Waals surface area (Å²) in [6.07, 6.45) is 0. The van der Waals surface area contributed by atoms with Crippen molar-refractivity contribution in [1.29, 1.82) is 0 Å². The van der Waals surface area contributed by atoms with Crippen molar-refractivity contribution in [3.8, 4) is 0 Å². The van der Waals surface area contributed by atoms with Crippen LogP contribution in [0.1, 0.15) is 32.3 Å². The largest absolute Gasteiger partial charge is 0.300 e. The molecule has 0 aliphatic carbocycles. The van der Waals surface area contributed by atoms with Crippen LogP contribution < -0.4 is 0 Å². The molecule has 0 aromatic heterocycles. The molecule has 1 aliphatic heterocycles. The predicted octanol–water partition coefficient (Wildman–Crippen LogP) is 4.13. The molecule has 21 heavy (non-hydrogen) atoms. The summed E-state index contributed by atoms with van der Waals surface area (Å²) in [6, 6.07) is 9.35. The molecule has 0 saturated carbocycles. The molecule has 1 saturated heterocycles. The van der Waals surface area contributed by atoms with Gasteiger partial charge in [0.25, 0.3) is 0 Å². The summed E-state index contributed by atoms with van der Waals surface area (Å²) < 4.78 is 1.14. The Bertz CT molecular complexity index is 459. The number of hydrogen-bond acceptors (Lipinski definition) is 2. The van der Waals surface area contributed by atoms with E-state index in [0.29, 0.717) is 12.0 Å². The van der Waals surface area contributed by atoms with Crippen molar-refractivity contribution in [2.24, 2.45) is 0 Å². The van der Waals surface area contributed by atoms with Crippen LogP contribution in [0, 0.1) is 0 Å². The van der Waals surface area contributed by atoms with Gasteiger partial charge >= 0.3 is 0 Å². The van der Waals surface area contributed by atoms with Gasteiger partial charge in [-0.1, -0.05) is 40.2 Å². The summed E-state index contributed by atoms with van der Waals surface area (Å²) in [4.78, 5) is 5.15. The van der Waals surface area contributed by atoms with Crippen molar-refractivity contribution in [2.45, 2.75) is 32.7 Å². The van der Waals surface area contributed by atoms with Gasteiger partial charge in [0.2, 0.25) is 0 Å². The lowest BCUT2D eigenvalue weighted by Crippen LogP contribution is -2.49. The summed E-state index contributed by atoms with van der Waals surface area (Å²) in [5.74, 6) is 0.434. The first-order chi connectivity index (χ1) is 9.97. The molecule has 0 amide bonds. The number of halogens is 1. The fraction of sp³-hybridized carbons (Fsp3) is 0.556. The van der Waals surface area contributed by atoms with Gasteiger partial charge in [0, 0.05) is 49.2 Å². The van der Waals surface area contributed by atoms with Crippen molar-refractivity contribution >= 4 is 15.9 Å². The summed E-state index contributed by atoms with van der Waals surface area (Å²) in [5, 5.41) is 0. The maximum atomic E-state index is 4.21. The first-order valence-corrected chi connectivity index (χ1v) is 8.64. The van der Waals surface area contributed by atoms with Crippen LogP contribution in [0.25, 0.3) is 0 Å². The highest BCUT2D eigenvalue weighted by atomic mass is 79.9. The van der Waals surface area contributed by atoms with Gasteiger partial charge in [-0.2, -0.15) is 0 Å². The molecule has 2 nitrogen and oxygen atoms in total. The van der Waals surface area contributed by atoms with Crippen LogP contribution in [0.3, 0.4) is 0 Å². The van der Waals surface area contributed by atoms with Crippen LogP contribution in [-0.4, -0.2) is 48.6 Å². The standard InChI is InChI=1S/C18H27BrN2/c1-14(2)18(16-5-7-17(19)8-6-16)13-20-9-11-21(12-10-20)15(3)4/h5-8,15,18H,1,9-13H2,2-4H3. The molecule has 0 N–H and O–H groups in total. The maximum absolute atomic E-state index is 4.21. The zero-order valence-electron chi connectivity index (χ0n) is 13.5. The SMILES string of the molecule is C=C(C)C(CN1CCN(C(C)C)CC1)c1ccc(Br)cc1. The van der Waals surface area contributed by atoms with E-state index in [0.717, 1.165) is 11.0 Å². The molecule has 1 unspecified atom stereocenters. The normalized spacial score (nSPS) is 18.9. The fourth-order valence-corrected chi connectivity index (χ4v) is 3.23. The topological polar surface area (TPSA) is 6.48 Å². The van der Waals surface area contributed by atoms with E-state index in [-0.39, 0.29) is 0 Å². The van der Waals surface area contributed by atoms with Gasteiger partial charge in [0.05, 0.1) is 0 Å². The van der Waals surface area contributed by atoms with Crippen LogP contribution in [0.4, 0.5) is 0 Å². The molecule has 116 valence electrons. The predicted molar refractivity (Wildman–Crippen MR) is 94.8 cm³/mol. The lowest BCUT2D eigenvalue weighted by Gasteiger charge is -2.38. The lowest BCUT2D eigenvalue weighted by atomic mass is 9.92. The highest BCUT2D eigenvalue weighted by Gasteiger charge is 2.22. The molecule has 2 rings (SSSR count). The monoisotopic (exact) mass is 350 g/mol. The molecule has 1 atom stereocenters. The third kappa shape index (κ3) is 4.67. The Kier molecular flexibility index (Phi) is 6.03. The Morgan fingerprint density at radius 3 is 2.19 bits per heavy atom. The number of piperazine rings is 1. The van der Waals surface area contributed by atoms with Crippen molar-refractivity contribution in [2.75, 3.05) is 32.7 Å². The van der Waals surface area contributed by atoms with Gasteiger partial charge in [-0.15, -0.1) is 0 Å². The second-order valence-corrected chi connectivity index (χ2v) is 7.30. The third-order valence-electron chi connectivity index (χ3n) is 4.45. The van der Waals surface area contributed by atoms with E-state index in [1.54, 1.807) is 0 Å². The minimum atomic E-state index is 0.434. The Morgan fingerprint density at radius 2 is 1.71 bits per heavy atom. The molecule has 1 fully saturated rings. The molecule has 0 radical (unpaired) electrons. The van der Waals surface area contributed by atoms with Gasteiger partial charge in [0.1, 0.15) is 0 Å². The summed E-state index contributed by atoms with van der Waals surface area (Å²) >= 11 is 3.51. The average molecular weight is 351 g/mol. The van der Waals surface area contributed by atoms with Crippen LogP contribution in [0.5, 0.6) is 0 Å². The lowest BCUT2D eigenvalue weighted by molar-refractivity contribution is 0.106. The van der Waals surface area contributed by atoms with Gasteiger partial charge < -0.3 is 0 Å². The number of rotatable bonds is 5. The second kappa shape index (κ2) is 7.57. The van der Waals surface area contributed by atoms with E-state index >= 15 is 0 Å².